The summed E-state index contributed by atoms with van der Waals surface area (Å²) in [6.45, 7) is 5.59. The largest absolute Gasteiger partial charge is 0.490 e. The van der Waals surface area contributed by atoms with Gasteiger partial charge in [0.15, 0.2) is 11.5 Å². The minimum Gasteiger partial charge on any atom is -0.490 e. The van der Waals surface area contributed by atoms with E-state index in [0.29, 0.717) is 31.3 Å². The van der Waals surface area contributed by atoms with Crippen LogP contribution in [0.3, 0.4) is 0 Å². The Labute approximate surface area is 195 Å². The molecule has 3 aromatic carbocycles. The normalized spacial score (nSPS) is 10.5. The van der Waals surface area contributed by atoms with Crippen molar-refractivity contribution in [3.05, 3.63) is 91.0 Å². The predicted molar refractivity (Wildman–Crippen MR) is 131 cm³/mol. The zero-order valence-corrected chi connectivity index (χ0v) is 19.7. The zero-order valence-electron chi connectivity index (χ0n) is 17.6. The van der Waals surface area contributed by atoms with Gasteiger partial charge in [0.05, 0.1) is 15.1 Å². The fraction of sp³-hybridized carbons (Fsp3) is 0.250. The average Bonchev–Trinajstić information content (AvgIpc) is 2.77. The Morgan fingerprint density at radius 1 is 1.00 bits per heavy atom. The molecule has 0 bridgehead atoms. The van der Waals surface area contributed by atoms with Crippen molar-refractivity contribution in [3.8, 4) is 11.5 Å². The lowest BCUT2D eigenvalue weighted by Crippen LogP contribution is -2.06. The lowest BCUT2D eigenvalue weighted by Gasteiger charge is -2.17. The minimum atomic E-state index is -0.410. The molecule has 0 saturated heterocycles. The maximum atomic E-state index is 10.8. The van der Waals surface area contributed by atoms with Crippen molar-refractivity contribution >= 4 is 34.0 Å². The molecule has 162 valence electrons. The molecule has 0 fully saturated rings. The van der Waals surface area contributed by atoms with E-state index >= 15 is 0 Å². The zero-order chi connectivity index (χ0) is 22.2. The van der Waals surface area contributed by atoms with E-state index in [-0.39, 0.29) is 5.69 Å². The summed E-state index contributed by atoms with van der Waals surface area (Å²) in [4.78, 5) is 10.4. The van der Waals surface area contributed by atoms with Gasteiger partial charge in [-0.1, -0.05) is 25.1 Å². The molecule has 0 radical (unpaired) electrons. The van der Waals surface area contributed by atoms with Crippen LogP contribution in [-0.2, 0) is 19.6 Å². The number of hydrogen-bond donors (Lipinski definition) is 1. The standard InChI is InChI=1S/C24H25IN2O4/c1-3-19-7-5-6-8-22(19)26-15-18-13-21(25)24(23(14-18)30-4-2)31-16-17-9-11-20(12-10-17)27(28)29/h5-14,26H,3-4,15-16H2,1-2H3. The van der Waals surface area contributed by atoms with Gasteiger partial charge < -0.3 is 14.8 Å². The monoisotopic (exact) mass is 532 g/mol. The molecule has 0 unspecified atom stereocenters. The van der Waals surface area contributed by atoms with E-state index in [4.69, 9.17) is 9.47 Å². The predicted octanol–water partition coefficient (Wildman–Crippen LogP) is 6.35. The van der Waals surface area contributed by atoms with E-state index in [9.17, 15) is 10.1 Å². The summed E-state index contributed by atoms with van der Waals surface area (Å²) in [7, 11) is 0. The number of anilines is 1. The van der Waals surface area contributed by atoms with Crippen molar-refractivity contribution in [1.29, 1.82) is 0 Å². The summed E-state index contributed by atoms with van der Waals surface area (Å²) in [5.41, 5.74) is 4.43. The van der Waals surface area contributed by atoms with Gasteiger partial charge in [0, 0.05) is 24.4 Å². The van der Waals surface area contributed by atoms with E-state index < -0.39 is 4.92 Å². The number of halogens is 1. The van der Waals surface area contributed by atoms with E-state index in [2.05, 4.69) is 59.1 Å². The highest BCUT2D eigenvalue weighted by Crippen LogP contribution is 2.35. The maximum absolute atomic E-state index is 10.8. The molecule has 0 aliphatic heterocycles. The second-order valence-corrected chi connectivity index (χ2v) is 8.08. The van der Waals surface area contributed by atoms with Crippen LogP contribution < -0.4 is 14.8 Å². The van der Waals surface area contributed by atoms with Crippen molar-refractivity contribution in [2.75, 3.05) is 11.9 Å². The Balaban J connectivity index is 1.74. The van der Waals surface area contributed by atoms with Crippen LogP contribution in [0.2, 0.25) is 0 Å². The second-order valence-electron chi connectivity index (χ2n) is 6.91. The molecule has 0 aliphatic rings. The Kier molecular flexibility index (Phi) is 8.11. The van der Waals surface area contributed by atoms with E-state index in [0.717, 1.165) is 26.8 Å². The SMILES string of the molecule is CCOc1cc(CNc2ccccc2CC)cc(I)c1OCc1ccc([N+](=O)[O-])cc1. The van der Waals surface area contributed by atoms with Gasteiger partial charge in [-0.25, -0.2) is 0 Å². The first-order valence-electron chi connectivity index (χ1n) is 10.1. The van der Waals surface area contributed by atoms with Crippen LogP contribution >= 0.6 is 22.6 Å². The van der Waals surface area contributed by atoms with Crippen LogP contribution in [0, 0.1) is 13.7 Å². The van der Waals surface area contributed by atoms with E-state index in [1.807, 2.05) is 19.1 Å². The first kappa shape index (κ1) is 22.9. The molecule has 0 aromatic heterocycles. The second kappa shape index (κ2) is 11.0. The molecule has 31 heavy (non-hydrogen) atoms. The maximum Gasteiger partial charge on any atom is 0.269 e. The Hall–Kier alpha value is -2.81. The number of nitrogens with zero attached hydrogens (tertiary/aromatic N) is 1. The van der Waals surface area contributed by atoms with Gasteiger partial charge in [-0.05, 0) is 83.0 Å². The van der Waals surface area contributed by atoms with Crippen LogP contribution in [0.1, 0.15) is 30.5 Å². The number of nitrogens with one attached hydrogen (secondary N) is 1. The van der Waals surface area contributed by atoms with Gasteiger partial charge >= 0.3 is 0 Å². The summed E-state index contributed by atoms with van der Waals surface area (Å²) in [5, 5.41) is 14.3. The highest BCUT2D eigenvalue weighted by Gasteiger charge is 2.13. The van der Waals surface area contributed by atoms with Crippen molar-refractivity contribution in [1.82, 2.24) is 0 Å². The molecule has 0 atom stereocenters. The van der Waals surface area contributed by atoms with Gasteiger partial charge in [0.1, 0.15) is 6.61 Å². The number of hydrogen-bond acceptors (Lipinski definition) is 5. The molecule has 0 spiro atoms. The van der Waals surface area contributed by atoms with Crippen LogP contribution in [0.15, 0.2) is 60.7 Å². The van der Waals surface area contributed by atoms with E-state index in [1.165, 1.54) is 17.7 Å². The number of non-ortho nitro benzene ring substituents is 1. The van der Waals surface area contributed by atoms with Gasteiger partial charge in [-0.15, -0.1) is 0 Å². The third-order valence-electron chi connectivity index (χ3n) is 4.78. The third kappa shape index (κ3) is 6.10. The number of nitro groups is 1. The summed E-state index contributed by atoms with van der Waals surface area (Å²) in [5.74, 6) is 1.37. The highest BCUT2D eigenvalue weighted by atomic mass is 127. The molecule has 0 saturated carbocycles. The van der Waals surface area contributed by atoms with Crippen molar-refractivity contribution in [3.63, 3.8) is 0 Å². The third-order valence-corrected chi connectivity index (χ3v) is 5.58. The fourth-order valence-electron chi connectivity index (χ4n) is 3.19. The topological polar surface area (TPSA) is 73.6 Å². The summed E-state index contributed by atoms with van der Waals surface area (Å²) in [6, 6.07) is 18.8. The Morgan fingerprint density at radius 3 is 2.42 bits per heavy atom. The number of benzene rings is 3. The molecule has 3 rings (SSSR count). The van der Waals surface area contributed by atoms with Gasteiger partial charge in [0.2, 0.25) is 0 Å². The number of ether oxygens (including phenoxy) is 2. The molecule has 0 amide bonds. The average molecular weight is 532 g/mol. The van der Waals surface area contributed by atoms with Gasteiger partial charge in [-0.3, -0.25) is 10.1 Å². The fourth-order valence-corrected chi connectivity index (χ4v) is 4.02. The number of rotatable bonds is 10. The number of aryl methyl sites for hydroxylation is 1. The summed E-state index contributed by atoms with van der Waals surface area (Å²) < 4.78 is 12.8. The molecule has 6 nitrogen and oxygen atoms in total. The number of para-hydroxylation sites is 1. The van der Waals surface area contributed by atoms with Gasteiger partial charge in [0.25, 0.3) is 5.69 Å². The van der Waals surface area contributed by atoms with Crippen LogP contribution in [-0.4, -0.2) is 11.5 Å². The van der Waals surface area contributed by atoms with E-state index in [1.54, 1.807) is 12.1 Å². The molecule has 0 aliphatic carbocycles. The first-order chi connectivity index (χ1) is 15.0. The molecule has 3 aromatic rings. The molecular weight excluding hydrogens is 507 g/mol. The van der Waals surface area contributed by atoms with Crippen LogP contribution in [0.4, 0.5) is 11.4 Å². The quantitative estimate of drug-likeness (QED) is 0.187. The highest BCUT2D eigenvalue weighted by molar-refractivity contribution is 14.1. The van der Waals surface area contributed by atoms with Crippen molar-refractivity contribution in [2.45, 2.75) is 33.4 Å². The van der Waals surface area contributed by atoms with Crippen LogP contribution in [0.5, 0.6) is 11.5 Å². The molecule has 0 heterocycles. The number of nitro benzene ring substituents is 1. The first-order valence-corrected chi connectivity index (χ1v) is 11.2. The Morgan fingerprint density at radius 2 is 1.74 bits per heavy atom. The minimum absolute atomic E-state index is 0.0647. The lowest BCUT2D eigenvalue weighted by atomic mass is 10.1. The molecule has 1 N–H and O–H groups in total. The van der Waals surface area contributed by atoms with Crippen LogP contribution in [0.25, 0.3) is 0 Å². The van der Waals surface area contributed by atoms with Crippen molar-refractivity contribution in [2.24, 2.45) is 0 Å². The van der Waals surface area contributed by atoms with Crippen molar-refractivity contribution < 1.29 is 14.4 Å². The van der Waals surface area contributed by atoms with Gasteiger partial charge in [-0.2, -0.15) is 0 Å². The smallest absolute Gasteiger partial charge is 0.269 e. The molecule has 7 heteroatoms. The lowest BCUT2D eigenvalue weighted by molar-refractivity contribution is -0.384. The summed E-state index contributed by atoms with van der Waals surface area (Å²) >= 11 is 2.25. The molecular formula is C24H25IN2O4. The Bertz CT molecular complexity index is 1040. The summed E-state index contributed by atoms with van der Waals surface area (Å²) in [6.07, 6.45) is 0.973.